The van der Waals surface area contributed by atoms with Crippen LogP contribution in [0.15, 0.2) is 48.5 Å². The molecule has 3 aromatic rings. The Morgan fingerprint density at radius 1 is 1.28 bits per heavy atom. The average Bonchev–Trinajstić information content (AvgIpc) is 3.04. The number of hydrogen-bond acceptors (Lipinski definition) is 4. The van der Waals surface area contributed by atoms with E-state index in [1.54, 1.807) is 13.2 Å². The van der Waals surface area contributed by atoms with Crippen molar-refractivity contribution >= 4 is 23.3 Å². The lowest BCUT2D eigenvalue weighted by molar-refractivity contribution is -0.125. The predicted octanol–water partition coefficient (Wildman–Crippen LogP) is 3.53. The van der Waals surface area contributed by atoms with E-state index < -0.39 is 17.8 Å². The molecule has 7 nitrogen and oxygen atoms in total. The fourth-order valence-electron chi connectivity index (χ4n) is 3.36. The molecule has 0 radical (unpaired) electrons. The van der Waals surface area contributed by atoms with Crippen LogP contribution in [0, 0.1) is 12.7 Å². The summed E-state index contributed by atoms with van der Waals surface area (Å²) in [6, 6.07) is 12.1. The maximum atomic E-state index is 13.4. The van der Waals surface area contributed by atoms with Crippen LogP contribution in [0.3, 0.4) is 0 Å². The monoisotopic (exact) mass is 394 g/mol. The van der Waals surface area contributed by atoms with Gasteiger partial charge in [-0.3, -0.25) is 9.59 Å². The van der Waals surface area contributed by atoms with Gasteiger partial charge in [-0.05, 0) is 49.4 Å². The molecule has 0 fully saturated rings. The second kappa shape index (κ2) is 7.38. The molecule has 148 valence electrons. The van der Waals surface area contributed by atoms with E-state index in [9.17, 15) is 14.0 Å². The fraction of sp³-hybridized carbons (Fsp3) is 0.190. The third-order valence-electron chi connectivity index (χ3n) is 4.84. The Hall–Kier alpha value is -3.68. The second-order valence-electron chi connectivity index (χ2n) is 6.76. The van der Waals surface area contributed by atoms with Gasteiger partial charge >= 0.3 is 0 Å². The number of methoxy groups -OCH3 is 1. The third kappa shape index (κ3) is 3.56. The highest BCUT2D eigenvalue weighted by Crippen LogP contribution is 2.35. The van der Waals surface area contributed by atoms with Gasteiger partial charge in [-0.15, -0.1) is 0 Å². The summed E-state index contributed by atoms with van der Waals surface area (Å²) in [6.45, 7) is 1.84. The number of aromatic nitrogens is 2. The van der Waals surface area contributed by atoms with E-state index in [1.165, 1.54) is 22.9 Å². The van der Waals surface area contributed by atoms with Crippen LogP contribution in [-0.2, 0) is 9.59 Å². The molecule has 0 unspecified atom stereocenters. The van der Waals surface area contributed by atoms with Gasteiger partial charge in [-0.25, -0.2) is 9.07 Å². The number of anilines is 2. The first-order chi connectivity index (χ1) is 14.0. The SMILES string of the molecule is COc1ccc(-c2nn3c(c2C)NC(=O)C[C@H]3C(=O)Nc2cccc(F)c2)cc1. The molecule has 4 rings (SSSR count). The largest absolute Gasteiger partial charge is 0.497 e. The zero-order chi connectivity index (χ0) is 20.5. The van der Waals surface area contributed by atoms with Crippen molar-refractivity contribution in [3.05, 3.63) is 59.9 Å². The zero-order valence-corrected chi connectivity index (χ0v) is 15.9. The van der Waals surface area contributed by atoms with Crippen LogP contribution in [0.25, 0.3) is 11.3 Å². The number of rotatable bonds is 4. The molecule has 2 N–H and O–H groups in total. The van der Waals surface area contributed by atoms with Crippen LogP contribution >= 0.6 is 0 Å². The van der Waals surface area contributed by atoms with Crippen molar-refractivity contribution in [1.29, 1.82) is 0 Å². The van der Waals surface area contributed by atoms with Gasteiger partial charge in [0.2, 0.25) is 11.8 Å². The van der Waals surface area contributed by atoms with E-state index >= 15 is 0 Å². The fourth-order valence-corrected chi connectivity index (χ4v) is 3.36. The molecule has 0 spiro atoms. The molecular weight excluding hydrogens is 375 g/mol. The summed E-state index contributed by atoms with van der Waals surface area (Å²) in [5.74, 6) is 0.0285. The highest BCUT2D eigenvalue weighted by atomic mass is 19.1. The Morgan fingerprint density at radius 2 is 2.03 bits per heavy atom. The Balaban J connectivity index is 1.68. The standard InChI is InChI=1S/C21H19FN4O3/c1-12-19(13-6-8-16(29-2)9-7-13)25-26-17(11-18(27)24-20(12)26)21(28)23-15-5-3-4-14(22)10-15/h3-10,17H,11H2,1-2H3,(H,23,28)(H,24,27)/t17-/m0/s1. The zero-order valence-electron chi connectivity index (χ0n) is 15.9. The molecule has 8 heteroatoms. The Labute approximate surface area is 166 Å². The third-order valence-corrected chi connectivity index (χ3v) is 4.84. The second-order valence-corrected chi connectivity index (χ2v) is 6.76. The van der Waals surface area contributed by atoms with Gasteiger partial charge < -0.3 is 15.4 Å². The first-order valence-corrected chi connectivity index (χ1v) is 9.06. The minimum atomic E-state index is -0.840. The van der Waals surface area contributed by atoms with Crippen molar-refractivity contribution in [1.82, 2.24) is 9.78 Å². The van der Waals surface area contributed by atoms with Crippen LogP contribution < -0.4 is 15.4 Å². The topological polar surface area (TPSA) is 85.2 Å². The molecule has 1 aliphatic heterocycles. The molecule has 1 atom stereocenters. The molecule has 0 bridgehead atoms. The molecule has 0 saturated heterocycles. The van der Waals surface area contributed by atoms with E-state index in [2.05, 4.69) is 15.7 Å². The molecule has 2 heterocycles. The first-order valence-electron chi connectivity index (χ1n) is 9.06. The van der Waals surface area contributed by atoms with Crippen molar-refractivity contribution in [2.45, 2.75) is 19.4 Å². The molecular formula is C21H19FN4O3. The minimum absolute atomic E-state index is 0.0582. The number of carbonyl (C=O) groups excluding carboxylic acids is 2. The summed E-state index contributed by atoms with van der Waals surface area (Å²) in [7, 11) is 1.59. The van der Waals surface area contributed by atoms with Crippen molar-refractivity contribution in [2.24, 2.45) is 0 Å². The quantitative estimate of drug-likeness (QED) is 0.709. The van der Waals surface area contributed by atoms with Crippen molar-refractivity contribution in [3.8, 4) is 17.0 Å². The van der Waals surface area contributed by atoms with Gasteiger partial charge in [0.05, 0.1) is 19.2 Å². The number of amides is 2. The molecule has 0 aliphatic carbocycles. The van der Waals surface area contributed by atoms with Crippen LogP contribution in [0.4, 0.5) is 15.9 Å². The predicted molar refractivity (Wildman–Crippen MR) is 106 cm³/mol. The van der Waals surface area contributed by atoms with Gasteiger partial charge in [-0.1, -0.05) is 6.07 Å². The number of halogens is 1. The Morgan fingerprint density at radius 3 is 2.72 bits per heavy atom. The van der Waals surface area contributed by atoms with Crippen LogP contribution in [0.5, 0.6) is 5.75 Å². The lowest BCUT2D eigenvalue weighted by Crippen LogP contribution is -2.35. The number of benzene rings is 2. The number of fused-ring (bicyclic) bond motifs is 1. The van der Waals surface area contributed by atoms with Crippen molar-refractivity contribution in [3.63, 3.8) is 0 Å². The Bertz CT molecular complexity index is 1090. The number of nitrogens with zero attached hydrogens (tertiary/aromatic N) is 2. The van der Waals surface area contributed by atoms with E-state index in [1.807, 2.05) is 31.2 Å². The van der Waals surface area contributed by atoms with E-state index in [-0.39, 0.29) is 12.3 Å². The summed E-state index contributed by atoms with van der Waals surface area (Å²) in [6.07, 6.45) is -0.0582. The number of carbonyl (C=O) groups is 2. The molecule has 0 saturated carbocycles. The lowest BCUT2D eigenvalue weighted by atomic mass is 10.1. The number of nitrogens with one attached hydrogen (secondary N) is 2. The molecule has 1 aromatic heterocycles. The van der Waals surface area contributed by atoms with Crippen LogP contribution in [0.1, 0.15) is 18.0 Å². The maximum Gasteiger partial charge on any atom is 0.249 e. The summed E-state index contributed by atoms with van der Waals surface area (Å²) >= 11 is 0. The summed E-state index contributed by atoms with van der Waals surface area (Å²) in [5, 5.41) is 10.1. The highest BCUT2D eigenvalue weighted by molar-refractivity contribution is 6.02. The van der Waals surface area contributed by atoms with Gasteiger partial charge in [0, 0.05) is 16.8 Å². The van der Waals surface area contributed by atoms with E-state index in [0.29, 0.717) is 17.2 Å². The molecule has 2 amide bonds. The smallest absolute Gasteiger partial charge is 0.249 e. The normalized spacial score (nSPS) is 15.4. The van der Waals surface area contributed by atoms with Crippen LogP contribution in [-0.4, -0.2) is 28.7 Å². The number of hydrogen-bond donors (Lipinski definition) is 2. The van der Waals surface area contributed by atoms with E-state index in [0.717, 1.165) is 16.9 Å². The minimum Gasteiger partial charge on any atom is -0.497 e. The summed E-state index contributed by atoms with van der Waals surface area (Å²) in [5.41, 5.74) is 2.57. The number of ether oxygens (including phenoxy) is 1. The van der Waals surface area contributed by atoms with Crippen LogP contribution in [0.2, 0.25) is 0 Å². The Kier molecular flexibility index (Phi) is 4.75. The molecule has 2 aromatic carbocycles. The molecule has 29 heavy (non-hydrogen) atoms. The van der Waals surface area contributed by atoms with E-state index in [4.69, 9.17) is 4.74 Å². The van der Waals surface area contributed by atoms with Gasteiger partial charge in [0.15, 0.2) is 0 Å². The first kappa shape index (κ1) is 18.7. The molecule has 1 aliphatic rings. The maximum absolute atomic E-state index is 13.4. The lowest BCUT2D eigenvalue weighted by Gasteiger charge is -2.24. The van der Waals surface area contributed by atoms with Crippen molar-refractivity contribution in [2.75, 3.05) is 17.7 Å². The summed E-state index contributed by atoms with van der Waals surface area (Å²) < 4.78 is 20.1. The average molecular weight is 394 g/mol. The van der Waals surface area contributed by atoms with Gasteiger partial charge in [0.25, 0.3) is 0 Å². The van der Waals surface area contributed by atoms with Gasteiger partial charge in [0.1, 0.15) is 23.4 Å². The van der Waals surface area contributed by atoms with Gasteiger partial charge in [-0.2, -0.15) is 5.10 Å². The summed E-state index contributed by atoms with van der Waals surface area (Å²) in [4.78, 5) is 25.1. The highest BCUT2D eigenvalue weighted by Gasteiger charge is 2.34. The van der Waals surface area contributed by atoms with Crippen molar-refractivity contribution < 1.29 is 18.7 Å².